The zero-order valence-electron chi connectivity index (χ0n) is 17.9. The number of nitrogens with one attached hydrogen (secondary N) is 1. The van der Waals surface area contributed by atoms with E-state index in [4.69, 9.17) is 16.3 Å². The van der Waals surface area contributed by atoms with E-state index in [0.717, 1.165) is 5.56 Å². The third kappa shape index (κ3) is 6.31. The fourth-order valence-corrected chi connectivity index (χ4v) is 5.03. The summed E-state index contributed by atoms with van der Waals surface area (Å²) in [5, 5.41) is 0.422. The van der Waals surface area contributed by atoms with Crippen LogP contribution in [0.1, 0.15) is 25.3 Å². The van der Waals surface area contributed by atoms with Crippen LogP contribution in [0.15, 0.2) is 59.5 Å². The van der Waals surface area contributed by atoms with Crippen LogP contribution in [-0.2, 0) is 30.8 Å². The Kier molecular flexibility index (Phi) is 8.28. The van der Waals surface area contributed by atoms with Crippen LogP contribution in [0.25, 0.3) is 0 Å². The zero-order chi connectivity index (χ0) is 23.1. The lowest BCUT2D eigenvalue weighted by Gasteiger charge is -2.33. The third-order valence-corrected chi connectivity index (χ3v) is 7.17. The minimum absolute atomic E-state index is 0.0359. The fraction of sp³-hybridized carbons (Fsp3) is 0.391. The number of halogens is 1. The minimum Gasteiger partial charge on any atom is -0.466 e. The molecular weight excluding hydrogens is 452 g/mol. The van der Waals surface area contributed by atoms with Crippen LogP contribution >= 0.6 is 11.6 Å². The van der Waals surface area contributed by atoms with Crippen molar-refractivity contribution in [3.8, 4) is 0 Å². The van der Waals surface area contributed by atoms with Gasteiger partial charge in [-0.2, -0.15) is 4.72 Å². The van der Waals surface area contributed by atoms with E-state index in [1.165, 1.54) is 24.3 Å². The van der Waals surface area contributed by atoms with Crippen molar-refractivity contribution < 1.29 is 22.7 Å². The second kappa shape index (κ2) is 10.9. The number of benzene rings is 2. The number of amides is 1. The van der Waals surface area contributed by atoms with E-state index in [9.17, 15) is 18.0 Å². The van der Waals surface area contributed by atoms with Crippen molar-refractivity contribution in [2.75, 3.05) is 19.7 Å². The molecule has 0 aromatic heterocycles. The van der Waals surface area contributed by atoms with Gasteiger partial charge in [0.1, 0.15) is 6.04 Å². The summed E-state index contributed by atoms with van der Waals surface area (Å²) in [6, 6.07) is 14.1. The first-order valence-corrected chi connectivity index (χ1v) is 12.4. The van der Waals surface area contributed by atoms with Crippen LogP contribution in [0.2, 0.25) is 5.02 Å². The first-order chi connectivity index (χ1) is 15.3. The largest absolute Gasteiger partial charge is 0.466 e. The van der Waals surface area contributed by atoms with Gasteiger partial charge in [0.25, 0.3) is 0 Å². The summed E-state index contributed by atoms with van der Waals surface area (Å²) < 4.78 is 33.6. The molecular formula is C23H27ClN2O5S. The molecule has 7 nitrogen and oxygen atoms in total. The van der Waals surface area contributed by atoms with E-state index >= 15 is 0 Å². The molecule has 1 aliphatic rings. The Morgan fingerprint density at radius 1 is 1.09 bits per heavy atom. The van der Waals surface area contributed by atoms with Crippen LogP contribution in [0.3, 0.4) is 0 Å². The molecule has 1 amide bonds. The van der Waals surface area contributed by atoms with Crippen molar-refractivity contribution in [2.45, 2.75) is 37.1 Å². The Bertz CT molecular complexity index is 1020. The summed E-state index contributed by atoms with van der Waals surface area (Å²) >= 11 is 5.87. The number of nitrogens with zero attached hydrogens (tertiary/aromatic N) is 1. The lowest BCUT2D eigenvalue weighted by atomic mass is 9.96. The molecule has 2 aromatic carbocycles. The Balaban J connectivity index is 1.76. The van der Waals surface area contributed by atoms with Crippen molar-refractivity contribution >= 4 is 33.5 Å². The van der Waals surface area contributed by atoms with E-state index in [1.54, 1.807) is 11.8 Å². The summed E-state index contributed by atoms with van der Waals surface area (Å²) in [5.41, 5.74) is 0.839. The van der Waals surface area contributed by atoms with Gasteiger partial charge in [-0.15, -0.1) is 0 Å². The van der Waals surface area contributed by atoms with Crippen molar-refractivity contribution in [3.05, 3.63) is 65.2 Å². The molecule has 1 heterocycles. The number of piperidine rings is 1. The van der Waals surface area contributed by atoms with Gasteiger partial charge in [-0.1, -0.05) is 41.9 Å². The quantitative estimate of drug-likeness (QED) is 0.589. The van der Waals surface area contributed by atoms with Crippen molar-refractivity contribution in [1.82, 2.24) is 9.62 Å². The number of sulfonamides is 1. The zero-order valence-corrected chi connectivity index (χ0v) is 19.4. The van der Waals surface area contributed by atoms with E-state index in [1.807, 2.05) is 30.3 Å². The number of hydrogen-bond acceptors (Lipinski definition) is 5. The van der Waals surface area contributed by atoms with Crippen LogP contribution in [-0.4, -0.2) is 50.9 Å². The van der Waals surface area contributed by atoms with Crippen LogP contribution < -0.4 is 4.72 Å². The van der Waals surface area contributed by atoms with Gasteiger partial charge in [-0.05, 0) is 56.0 Å². The van der Waals surface area contributed by atoms with Gasteiger partial charge in [-0.3, -0.25) is 9.59 Å². The standard InChI is InChI=1S/C23H27ClN2O5S/c1-2-31-23(28)18-12-14-26(15-13-18)22(27)21(16-17-6-4-3-5-7-17)25-32(29,30)20-10-8-19(24)9-11-20/h3-11,18,21,25H,2,12-16H2,1H3. The van der Waals surface area contributed by atoms with Gasteiger partial charge in [0.15, 0.2) is 0 Å². The first-order valence-electron chi connectivity index (χ1n) is 10.6. The fourth-order valence-electron chi connectivity index (χ4n) is 3.71. The van der Waals surface area contributed by atoms with Crippen molar-refractivity contribution in [1.29, 1.82) is 0 Å². The maximum atomic E-state index is 13.3. The smallest absolute Gasteiger partial charge is 0.309 e. The molecule has 1 fully saturated rings. The molecule has 2 aromatic rings. The number of carbonyl (C=O) groups excluding carboxylic acids is 2. The summed E-state index contributed by atoms with van der Waals surface area (Å²) in [6.07, 6.45) is 1.20. The van der Waals surface area contributed by atoms with Gasteiger partial charge in [0, 0.05) is 18.1 Å². The highest BCUT2D eigenvalue weighted by Crippen LogP contribution is 2.21. The van der Waals surface area contributed by atoms with Crippen molar-refractivity contribution in [2.24, 2.45) is 5.92 Å². The molecule has 0 aliphatic carbocycles. The molecule has 172 valence electrons. The van der Waals surface area contributed by atoms with Crippen molar-refractivity contribution in [3.63, 3.8) is 0 Å². The minimum atomic E-state index is -3.94. The molecule has 0 radical (unpaired) electrons. The molecule has 1 unspecified atom stereocenters. The average molecular weight is 479 g/mol. The van der Waals surface area contributed by atoms with Crippen LogP contribution in [0, 0.1) is 5.92 Å². The number of ether oxygens (including phenoxy) is 1. The molecule has 9 heteroatoms. The van der Waals surface area contributed by atoms with E-state index in [0.29, 0.717) is 37.6 Å². The summed E-state index contributed by atoms with van der Waals surface area (Å²) in [4.78, 5) is 27.0. The molecule has 1 saturated heterocycles. The Morgan fingerprint density at radius 3 is 2.31 bits per heavy atom. The van der Waals surface area contributed by atoms with Gasteiger partial charge in [0.05, 0.1) is 17.4 Å². The van der Waals surface area contributed by atoms with Gasteiger partial charge in [0.2, 0.25) is 15.9 Å². The number of carbonyl (C=O) groups is 2. The lowest BCUT2D eigenvalue weighted by Crippen LogP contribution is -2.52. The van der Waals surface area contributed by atoms with E-state index < -0.39 is 16.1 Å². The van der Waals surface area contributed by atoms with Gasteiger partial charge < -0.3 is 9.64 Å². The molecule has 0 bridgehead atoms. The van der Waals surface area contributed by atoms with E-state index in [2.05, 4.69) is 4.72 Å². The second-order valence-corrected chi connectivity index (χ2v) is 9.82. The molecule has 1 atom stereocenters. The maximum absolute atomic E-state index is 13.3. The first kappa shape index (κ1) is 24.2. The Hall–Kier alpha value is -2.42. The molecule has 0 spiro atoms. The number of rotatable bonds is 8. The third-order valence-electron chi connectivity index (χ3n) is 5.43. The number of likely N-dealkylation sites (tertiary alicyclic amines) is 1. The highest BCUT2D eigenvalue weighted by Gasteiger charge is 2.33. The van der Waals surface area contributed by atoms with Gasteiger partial charge in [-0.25, -0.2) is 8.42 Å². The summed E-state index contributed by atoms with van der Waals surface area (Å²) in [7, 11) is -3.94. The number of hydrogen-bond donors (Lipinski definition) is 1. The second-order valence-electron chi connectivity index (χ2n) is 7.67. The van der Waals surface area contributed by atoms with E-state index in [-0.39, 0.29) is 29.1 Å². The Labute approximate surface area is 193 Å². The molecule has 0 saturated carbocycles. The molecule has 1 N–H and O–H groups in total. The predicted molar refractivity (Wildman–Crippen MR) is 122 cm³/mol. The summed E-state index contributed by atoms with van der Waals surface area (Å²) in [6.45, 7) is 2.83. The average Bonchev–Trinajstić information content (AvgIpc) is 2.79. The lowest BCUT2D eigenvalue weighted by molar-refractivity contribution is -0.151. The van der Waals surface area contributed by atoms with Gasteiger partial charge >= 0.3 is 5.97 Å². The highest BCUT2D eigenvalue weighted by molar-refractivity contribution is 7.89. The number of esters is 1. The molecule has 3 rings (SSSR count). The van der Waals surface area contributed by atoms with Crippen LogP contribution in [0.4, 0.5) is 0 Å². The molecule has 32 heavy (non-hydrogen) atoms. The summed E-state index contributed by atoms with van der Waals surface area (Å²) in [5.74, 6) is -0.796. The normalized spacial score (nSPS) is 15.9. The highest BCUT2D eigenvalue weighted by atomic mass is 35.5. The molecule has 1 aliphatic heterocycles. The SMILES string of the molecule is CCOC(=O)C1CCN(C(=O)C(Cc2ccccc2)NS(=O)(=O)c2ccc(Cl)cc2)CC1. The maximum Gasteiger partial charge on any atom is 0.309 e. The van der Waals surface area contributed by atoms with Crippen LogP contribution in [0.5, 0.6) is 0 Å². The predicted octanol–water partition coefficient (Wildman–Crippen LogP) is 3.03. The monoisotopic (exact) mass is 478 g/mol. The topological polar surface area (TPSA) is 92.8 Å². The Morgan fingerprint density at radius 2 is 1.72 bits per heavy atom.